The van der Waals surface area contributed by atoms with Crippen LogP contribution in [-0.2, 0) is 22.7 Å². The van der Waals surface area contributed by atoms with Crippen molar-refractivity contribution in [1.82, 2.24) is 30.2 Å². The van der Waals surface area contributed by atoms with E-state index in [9.17, 15) is 9.59 Å². The maximum atomic E-state index is 13.6. The summed E-state index contributed by atoms with van der Waals surface area (Å²) in [5.74, 6) is 0.108. The topological polar surface area (TPSA) is 106 Å². The van der Waals surface area contributed by atoms with Crippen molar-refractivity contribution in [3.05, 3.63) is 78.5 Å². The number of fused-ring (bicyclic) bond motifs is 1. The Balaban J connectivity index is 1.65. The van der Waals surface area contributed by atoms with E-state index in [4.69, 9.17) is 4.42 Å². The molecule has 2 atom stereocenters. The molecule has 2 unspecified atom stereocenters. The fourth-order valence-electron chi connectivity index (χ4n) is 3.75. The first kappa shape index (κ1) is 22.2. The highest BCUT2D eigenvalue weighted by atomic mass is 16.3. The molecule has 0 aliphatic carbocycles. The molecule has 170 valence electrons. The van der Waals surface area contributed by atoms with E-state index in [-0.39, 0.29) is 30.9 Å². The molecule has 2 amide bonds. The van der Waals surface area contributed by atoms with Gasteiger partial charge in [0.1, 0.15) is 23.9 Å². The molecule has 3 aromatic heterocycles. The van der Waals surface area contributed by atoms with Gasteiger partial charge in [-0.25, -0.2) is 4.68 Å². The van der Waals surface area contributed by atoms with Crippen LogP contribution in [0.3, 0.4) is 0 Å². The van der Waals surface area contributed by atoms with Crippen molar-refractivity contribution in [2.75, 3.05) is 0 Å². The Bertz CT molecular complexity index is 1210. The van der Waals surface area contributed by atoms with Crippen LogP contribution in [0.5, 0.6) is 0 Å². The van der Waals surface area contributed by atoms with Gasteiger partial charge in [0.25, 0.3) is 0 Å². The molecule has 33 heavy (non-hydrogen) atoms. The number of furan rings is 1. The fraction of sp³-hybridized carbons (Fsp3) is 0.292. The Morgan fingerprint density at radius 3 is 2.64 bits per heavy atom. The molecule has 0 saturated carbocycles. The lowest BCUT2D eigenvalue weighted by Crippen LogP contribution is -2.48. The zero-order valence-electron chi connectivity index (χ0n) is 18.6. The number of hydrogen-bond donors (Lipinski definition) is 1. The highest BCUT2D eigenvalue weighted by molar-refractivity contribution is 5.89. The number of benzene rings is 1. The fourth-order valence-corrected chi connectivity index (χ4v) is 3.75. The third-order valence-electron chi connectivity index (χ3n) is 5.62. The summed E-state index contributed by atoms with van der Waals surface area (Å²) in [7, 11) is 0. The van der Waals surface area contributed by atoms with Gasteiger partial charge in [-0.15, -0.1) is 5.10 Å². The zero-order chi connectivity index (χ0) is 23.2. The molecule has 0 aliphatic heterocycles. The molecule has 0 spiro atoms. The quantitative estimate of drug-likeness (QED) is 0.423. The summed E-state index contributed by atoms with van der Waals surface area (Å²) in [5, 5.41) is 11.2. The molecule has 0 bridgehead atoms. The largest absolute Gasteiger partial charge is 0.467 e. The van der Waals surface area contributed by atoms with Crippen LogP contribution in [0, 0.1) is 0 Å². The molecule has 4 aromatic rings. The van der Waals surface area contributed by atoms with E-state index < -0.39 is 6.04 Å². The van der Waals surface area contributed by atoms with Crippen molar-refractivity contribution in [3.63, 3.8) is 0 Å². The lowest BCUT2D eigenvalue weighted by Gasteiger charge is -2.35. The maximum Gasteiger partial charge on any atom is 0.247 e. The summed E-state index contributed by atoms with van der Waals surface area (Å²) in [6.45, 7) is 4.12. The van der Waals surface area contributed by atoms with Crippen LogP contribution >= 0.6 is 0 Å². The first-order valence-corrected chi connectivity index (χ1v) is 10.9. The van der Waals surface area contributed by atoms with Gasteiger partial charge in [-0.1, -0.05) is 24.3 Å². The maximum absolute atomic E-state index is 13.6. The zero-order valence-corrected chi connectivity index (χ0v) is 18.6. The molecule has 9 nitrogen and oxygen atoms in total. The number of nitrogens with zero attached hydrogens (tertiary/aromatic N) is 5. The van der Waals surface area contributed by atoms with Gasteiger partial charge in [-0.2, -0.15) is 0 Å². The number of rotatable bonds is 9. The number of para-hydroxylation sites is 1. The summed E-state index contributed by atoms with van der Waals surface area (Å²) in [6.07, 6.45) is 5.47. The minimum atomic E-state index is -0.833. The number of carbonyl (C=O) groups excluding carboxylic acids is 2. The molecule has 4 rings (SSSR count). The van der Waals surface area contributed by atoms with E-state index in [1.54, 1.807) is 52.5 Å². The first-order chi connectivity index (χ1) is 16.1. The van der Waals surface area contributed by atoms with Crippen LogP contribution in [0.15, 0.2) is 71.6 Å². The van der Waals surface area contributed by atoms with Crippen LogP contribution in [0.25, 0.3) is 11.0 Å². The van der Waals surface area contributed by atoms with E-state index in [2.05, 4.69) is 20.6 Å². The van der Waals surface area contributed by atoms with E-state index in [0.717, 1.165) is 5.52 Å². The summed E-state index contributed by atoms with van der Waals surface area (Å²) < 4.78 is 6.90. The van der Waals surface area contributed by atoms with Crippen LogP contribution in [0.2, 0.25) is 0 Å². The third-order valence-corrected chi connectivity index (χ3v) is 5.62. The number of hydrogen-bond acceptors (Lipinski definition) is 6. The van der Waals surface area contributed by atoms with Crippen molar-refractivity contribution >= 4 is 22.8 Å². The molecule has 0 saturated heterocycles. The first-order valence-electron chi connectivity index (χ1n) is 10.9. The van der Waals surface area contributed by atoms with Crippen molar-refractivity contribution < 1.29 is 14.0 Å². The lowest BCUT2D eigenvalue weighted by atomic mass is 10.0. The van der Waals surface area contributed by atoms with Crippen molar-refractivity contribution in [1.29, 1.82) is 0 Å². The minimum absolute atomic E-state index is 0.0299. The molecule has 0 aliphatic rings. The molecular weight excluding hydrogens is 420 g/mol. The number of pyridine rings is 1. The van der Waals surface area contributed by atoms with Crippen LogP contribution in [-0.4, -0.2) is 42.7 Å². The number of carbonyl (C=O) groups is 2. The van der Waals surface area contributed by atoms with Crippen molar-refractivity contribution in [2.45, 2.75) is 45.4 Å². The summed E-state index contributed by atoms with van der Waals surface area (Å²) in [6, 6.07) is 13.5. The van der Waals surface area contributed by atoms with Gasteiger partial charge in [-0.3, -0.25) is 14.6 Å². The highest BCUT2D eigenvalue weighted by Crippen LogP contribution is 2.26. The molecule has 3 heterocycles. The molecule has 1 N–H and O–H groups in total. The van der Waals surface area contributed by atoms with Crippen LogP contribution < -0.4 is 5.32 Å². The number of aromatic nitrogens is 4. The summed E-state index contributed by atoms with van der Waals surface area (Å²) >= 11 is 0. The molecule has 1 aromatic carbocycles. The Hall–Kier alpha value is -4.01. The predicted octanol–water partition coefficient (Wildman–Crippen LogP) is 3.10. The monoisotopic (exact) mass is 446 g/mol. The Labute approximate surface area is 191 Å². The molecule has 9 heteroatoms. The van der Waals surface area contributed by atoms with Crippen LogP contribution in [0.4, 0.5) is 0 Å². The lowest BCUT2D eigenvalue weighted by molar-refractivity contribution is -0.144. The van der Waals surface area contributed by atoms with Gasteiger partial charge in [0.15, 0.2) is 0 Å². The average molecular weight is 447 g/mol. The second-order valence-corrected chi connectivity index (χ2v) is 7.77. The SMILES string of the molecule is CCC(C)N(C(=O)Cn1nnc2ccccc21)C(C(=O)NCc1ccco1)c1ccncc1. The van der Waals surface area contributed by atoms with Gasteiger partial charge in [-0.05, 0) is 55.3 Å². The Morgan fingerprint density at radius 2 is 1.91 bits per heavy atom. The second kappa shape index (κ2) is 10.1. The van der Waals surface area contributed by atoms with Gasteiger partial charge in [0.2, 0.25) is 11.8 Å². The highest BCUT2D eigenvalue weighted by Gasteiger charge is 2.34. The Kier molecular flexibility index (Phi) is 6.77. The number of amides is 2. The number of nitrogens with one attached hydrogen (secondary N) is 1. The van der Waals surface area contributed by atoms with E-state index in [1.165, 1.54) is 0 Å². The van der Waals surface area contributed by atoms with Gasteiger partial charge >= 0.3 is 0 Å². The smallest absolute Gasteiger partial charge is 0.247 e. The molecular formula is C24H26N6O3. The summed E-state index contributed by atoms with van der Waals surface area (Å²) in [4.78, 5) is 32.7. The van der Waals surface area contributed by atoms with Gasteiger partial charge in [0.05, 0.1) is 18.3 Å². The molecule has 0 radical (unpaired) electrons. The van der Waals surface area contributed by atoms with Gasteiger partial charge in [0, 0.05) is 18.4 Å². The normalized spacial score (nSPS) is 12.9. The second-order valence-electron chi connectivity index (χ2n) is 7.77. The Morgan fingerprint density at radius 1 is 1.12 bits per heavy atom. The average Bonchev–Trinajstić information content (AvgIpc) is 3.51. The van der Waals surface area contributed by atoms with Crippen LogP contribution in [0.1, 0.15) is 37.6 Å². The third kappa shape index (κ3) is 4.92. The van der Waals surface area contributed by atoms with E-state index >= 15 is 0 Å². The summed E-state index contributed by atoms with van der Waals surface area (Å²) in [5.41, 5.74) is 2.15. The van der Waals surface area contributed by atoms with Crippen molar-refractivity contribution in [3.8, 4) is 0 Å². The van der Waals surface area contributed by atoms with Gasteiger partial charge < -0.3 is 14.6 Å². The predicted molar refractivity (Wildman–Crippen MR) is 122 cm³/mol. The standard InChI is InChI=1S/C24H26N6O3/c1-3-17(2)30(22(31)16-29-21-9-5-4-8-20(21)27-28-29)23(18-10-12-25-13-11-18)24(32)26-15-19-7-6-14-33-19/h4-14,17,23H,3,15-16H2,1-2H3,(H,26,32). The van der Waals surface area contributed by atoms with E-state index in [0.29, 0.717) is 23.3 Å². The van der Waals surface area contributed by atoms with Crippen molar-refractivity contribution in [2.24, 2.45) is 0 Å². The van der Waals surface area contributed by atoms with E-state index in [1.807, 2.05) is 38.1 Å². The minimum Gasteiger partial charge on any atom is -0.467 e. The molecule has 0 fully saturated rings.